The first kappa shape index (κ1) is 17.2. The highest BCUT2D eigenvalue weighted by Gasteiger charge is 2.30. The second-order valence-electron chi connectivity index (χ2n) is 7.18. The van der Waals surface area contributed by atoms with Gasteiger partial charge in [-0.3, -0.25) is 4.79 Å². The fourth-order valence-electron chi connectivity index (χ4n) is 3.79. The van der Waals surface area contributed by atoms with Gasteiger partial charge in [-0.05, 0) is 70.0 Å². The Bertz CT molecular complexity index is 540. The molecule has 0 spiro atoms. The summed E-state index contributed by atoms with van der Waals surface area (Å²) in [7, 11) is 2.13. The first-order chi connectivity index (χ1) is 11.6. The molecule has 4 nitrogen and oxygen atoms in total. The fraction of sp³-hybridized carbons (Fsp3) is 0.632. The van der Waals surface area contributed by atoms with E-state index in [1.807, 2.05) is 0 Å². The van der Waals surface area contributed by atoms with Gasteiger partial charge < -0.3 is 15.1 Å². The van der Waals surface area contributed by atoms with Crippen LogP contribution in [-0.2, 0) is 4.79 Å². The van der Waals surface area contributed by atoms with E-state index in [9.17, 15) is 9.18 Å². The maximum absolute atomic E-state index is 13.0. The molecule has 0 radical (unpaired) electrons. The molecule has 1 saturated carbocycles. The maximum Gasteiger partial charge on any atom is 0.225 e. The lowest BCUT2D eigenvalue weighted by Crippen LogP contribution is -2.41. The third-order valence-corrected chi connectivity index (χ3v) is 5.32. The van der Waals surface area contributed by atoms with Crippen molar-refractivity contribution in [3.63, 3.8) is 0 Å². The second-order valence-corrected chi connectivity index (χ2v) is 7.18. The molecule has 1 aromatic carbocycles. The first-order valence-corrected chi connectivity index (χ1v) is 9.11. The van der Waals surface area contributed by atoms with Gasteiger partial charge in [0.25, 0.3) is 0 Å². The van der Waals surface area contributed by atoms with Crippen molar-refractivity contribution in [2.24, 2.45) is 5.92 Å². The SMILES string of the molecule is CN1CCCN(C(=O)C2CCC(Nc3ccc(F)cc3)CC2)CC1. The number of hydrogen-bond acceptors (Lipinski definition) is 3. The number of anilines is 1. The zero-order chi connectivity index (χ0) is 16.9. The molecular formula is C19H28FN3O. The second kappa shape index (κ2) is 7.97. The standard InChI is InChI=1S/C19H28FN3O/c1-22-11-2-12-23(14-13-22)19(24)15-3-7-17(8-4-15)21-18-9-5-16(20)6-10-18/h5-6,9-10,15,17,21H,2-4,7-8,11-14H2,1H3. The summed E-state index contributed by atoms with van der Waals surface area (Å²) in [5, 5.41) is 3.46. The van der Waals surface area contributed by atoms with Crippen molar-refractivity contribution in [3.05, 3.63) is 30.1 Å². The van der Waals surface area contributed by atoms with Gasteiger partial charge in [-0.1, -0.05) is 0 Å². The predicted molar refractivity (Wildman–Crippen MR) is 94.5 cm³/mol. The molecule has 1 saturated heterocycles. The van der Waals surface area contributed by atoms with Crippen molar-refractivity contribution in [1.82, 2.24) is 9.80 Å². The van der Waals surface area contributed by atoms with Crippen LogP contribution in [0.2, 0.25) is 0 Å². The maximum atomic E-state index is 13.0. The van der Waals surface area contributed by atoms with Crippen LogP contribution in [0.25, 0.3) is 0 Å². The van der Waals surface area contributed by atoms with Crippen LogP contribution in [0.15, 0.2) is 24.3 Å². The van der Waals surface area contributed by atoms with E-state index in [4.69, 9.17) is 0 Å². The van der Waals surface area contributed by atoms with Gasteiger partial charge in [-0.2, -0.15) is 0 Å². The molecule has 1 aromatic rings. The minimum atomic E-state index is -0.210. The molecule has 5 heteroatoms. The Labute approximate surface area is 144 Å². The number of nitrogens with one attached hydrogen (secondary N) is 1. The van der Waals surface area contributed by atoms with Crippen LogP contribution in [0.1, 0.15) is 32.1 Å². The quantitative estimate of drug-likeness (QED) is 0.924. The number of benzene rings is 1. The number of carbonyl (C=O) groups is 1. The Morgan fingerprint density at radius 2 is 1.75 bits per heavy atom. The third kappa shape index (κ3) is 4.47. The molecular weight excluding hydrogens is 305 g/mol. The Balaban J connectivity index is 1.47. The van der Waals surface area contributed by atoms with Gasteiger partial charge >= 0.3 is 0 Å². The molecule has 1 N–H and O–H groups in total. The van der Waals surface area contributed by atoms with E-state index in [-0.39, 0.29) is 11.7 Å². The van der Waals surface area contributed by atoms with Gasteiger partial charge in [0.15, 0.2) is 0 Å². The van der Waals surface area contributed by atoms with E-state index in [1.165, 1.54) is 12.1 Å². The summed E-state index contributed by atoms with van der Waals surface area (Å²) >= 11 is 0. The van der Waals surface area contributed by atoms with Gasteiger partial charge in [0.05, 0.1) is 0 Å². The summed E-state index contributed by atoms with van der Waals surface area (Å²) in [6.07, 6.45) is 4.97. The summed E-state index contributed by atoms with van der Waals surface area (Å²) < 4.78 is 13.0. The lowest BCUT2D eigenvalue weighted by molar-refractivity contribution is -0.136. The third-order valence-electron chi connectivity index (χ3n) is 5.32. The molecule has 0 aromatic heterocycles. The van der Waals surface area contributed by atoms with E-state index < -0.39 is 0 Å². The van der Waals surface area contributed by atoms with E-state index in [0.717, 1.165) is 64.0 Å². The number of halogens is 1. The molecule has 0 unspecified atom stereocenters. The zero-order valence-corrected chi connectivity index (χ0v) is 14.5. The van der Waals surface area contributed by atoms with E-state index in [0.29, 0.717) is 11.9 Å². The molecule has 1 aliphatic heterocycles. The van der Waals surface area contributed by atoms with Crippen LogP contribution < -0.4 is 5.32 Å². The molecule has 1 heterocycles. The predicted octanol–water partition coefficient (Wildman–Crippen LogP) is 2.96. The zero-order valence-electron chi connectivity index (χ0n) is 14.5. The van der Waals surface area contributed by atoms with Crippen molar-refractivity contribution in [1.29, 1.82) is 0 Å². The van der Waals surface area contributed by atoms with Crippen LogP contribution in [0, 0.1) is 11.7 Å². The van der Waals surface area contributed by atoms with Gasteiger partial charge in [0.2, 0.25) is 5.91 Å². The molecule has 0 bridgehead atoms. The summed E-state index contributed by atoms with van der Waals surface area (Å²) in [6.45, 7) is 3.82. The van der Waals surface area contributed by atoms with Crippen LogP contribution >= 0.6 is 0 Å². The van der Waals surface area contributed by atoms with Crippen molar-refractivity contribution in [2.75, 3.05) is 38.5 Å². The average molecular weight is 333 g/mol. The van der Waals surface area contributed by atoms with Gasteiger partial charge in [-0.25, -0.2) is 4.39 Å². The van der Waals surface area contributed by atoms with Gasteiger partial charge in [-0.15, -0.1) is 0 Å². The monoisotopic (exact) mass is 333 g/mol. The van der Waals surface area contributed by atoms with Crippen LogP contribution in [0.3, 0.4) is 0 Å². The summed E-state index contributed by atoms with van der Waals surface area (Å²) in [5.74, 6) is 0.322. The molecule has 2 aliphatic rings. The highest BCUT2D eigenvalue weighted by molar-refractivity contribution is 5.79. The lowest BCUT2D eigenvalue weighted by Gasteiger charge is -2.32. The summed E-state index contributed by atoms with van der Waals surface area (Å²) in [4.78, 5) is 17.1. The Morgan fingerprint density at radius 1 is 1.04 bits per heavy atom. The first-order valence-electron chi connectivity index (χ1n) is 9.11. The lowest BCUT2D eigenvalue weighted by atomic mass is 9.85. The van der Waals surface area contributed by atoms with E-state index in [1.54, 1.807) is 12.1 Å². The highest BCUT2D eigenvalue weighted by atomic mass is 19.1. The van der Waals surface area contributed by atoms with Crippen LogP contribution in [0.5, 0.6) is 0 Å². The van der Waals surface area contributed by atoms with Crippen molar-refractivity contribution >= 4 is 11.6 Å². The largest absolute Gasteiger partial charge is 0.382 e. The number of hydrogen-bond donors (Lipinski definition) is 1. The van der Waals surface area contributed by atoms with Gasteiger partial charge in [0.1, 0.15) is 5.82 Å². The Hall–Kier alpha value is -1.62. The van der Waals surface area contributed by atoms with E-state index >= 15 is 0 Å². The Morgan fingerprint density at radius 3 is 2.46 bits per heavy atom. The minimum Gasteiger partial charge on any atom is -0.382 e. The molecule has 132 valence electrons. The molecule has 0 atom stereocenters. The number of carbonyl (C=O) groups excluding carboxylic acids is 1. The molecule has 2 fully saturated rings. The summed E-state index contributed by atoms with van der Waals surface area (Å²) in [6, 6.07) is 6.90. The molecule has 24 heavy (non-hydrogen) atoms. The van der Waals surface area contributed by atoms with Crippen LogP contribution in [0.4, 0.5) is 10.1 Å². The number of likely N-dealkylation sites (N-methyl/N-ethyl adjacent to an activating group) is 1. The van der Waals surface area contributed by atoms with Crippen molar-refractivity contribution in [3.8, 4) is 0 Å². The molecule has 1 amide bonds. The van der Waals surface area contributed by atoms with Gasteiger partial charge in [0, 0.05) is 37.3 Å². The fourth-order valence-corrected chi connectivity index (χ4v) is 3.79. The van der Waals surface area contributed by atoms with E-state index in [2.05, 4.69) is 22.2 Å². The van der Waals surface area contributed by atoms with Crippen molar-refractivity contribution in [2.45, 2.75) is 38.1 Å². The number of amides is 1. The number of rotatable bonds is 3. The number of nitrogens with zero attached hydrogens (tertiary/aromatic N) is 2. The minimum absolute atomic E-state index is 0.180. The summed E-state index contributed by atoms with van der Waals surface area (Å²) in [5.41, 5.74) is 0.960. The highest BCUT2D eigenvalue weighted by Crippen LogP contribution is 2.28. The van der Waals surface area contributed by atoms with Crippen molar-refractivity contribution < 1.29 is 9.18 Å². The Kier molecular flexibility index (Phi) is 5.72. The molecule has 3 rings (SSSR count). The average Bonchev–Trinajstić information content (AvgIpc) is 2.82. The molecule has 1 aliphatic carbocycles. The smallest absolute Gasteiger partial charge is 0.225 e. The van der Waals surface area contributed by atoms with Crippen LogP contribution in [-0.4, -0.2) is 55.0 Å². The normalized spacial score (nSPS) is 26.0. The topological polar surface area (TPSA) is 35.6 Å².